The fraction of sp³-hybridized carbons (Fsp3) is 0.910. The molecule has 0 radical (unpaired) electrons. The Morgan fingerprint density at radius 1 is 0.403 bits per heavy atom. The average molecular weight is 1110 g/mol. The van der Waals surface area contributed by atoms with Gasteiger partial charge in [-0.15, -0.1) is 0 Å². The number of quaternary nitrogens is 1. The summed E-state index contributed by atoms with van der Waals surface area (Å²) in [6.07, 6.45) is 72.9. The van der Waals surface area contributed by atoms with Gasteiger partial charge in [-0.1, -0.05) is 308 Å². The molecule has 0 amide bonds. The Morgan fingerprint density at radius 2 is 0.701 bits per heavy atom. The van der Waals surface area contributed by atoms with Gasteiger partial charge < -0.3 is 18.9 Å². The van der Waals surface area contributed by atoms with Crippen molar-refractivity contribution in [3.8, 4) is 0 Å². The molecule has 0 aromatic carbocycles. The summed E-state index contributed by atoms with van der Waals surface area (Å²) in [4.78, 5) is 35.7. The number of nitrogens with zero attached hydrogens (tertiary/aromatic N) is 1. The van der Waals surface area contributed by atoms with Crippen LogP contribution in [0.15, 0.2) is 24.3 Å². The molecule has 9 nitrogen and oxygen atoms in total. The molecular formula is C67H131NO8P+. The lowest BCUT2D eigenvalue weighted by atomic mass is 10.0. The van der Waals surface area contributed by atoms with Crippen LogP contribution in [0, 0.1) is 0 Å². The fourth-order valence-corrected chi connectivity index (χ4v) is 10.8. The second kappa shape index (κ2) is 59.1. The van der Waals surface area contributed by atoms with Crippen molar-refractivity contribution in [3.63, 3.8) is 0 Å². The minimum absolute atomic E-state index is 0.0324. The molecule has 0 fully saturated rings. The van der Waals surface area contributed by atoms with Crippen molar-refractivity contribution in [2.24, 2.45) is 0 Å². The molecule has 0 aliphatic heterocycles. The van der Waals surface area contributed by atoms with Crippen molar-refractivity contribution in [1.29, 1.82) is 0 Å². The van der Waals surface area contributed by atoms with E-state index in [2.05, 4.69) is 38.2 Å². The van der Waals surface area contributed by atoms with Crippen molar-refractivity contribution in [1.82, 2.24) is 0 Å². The van der Waals surface area contributed by atoms with Crippen LogP contribution >= 0.6 is 7.82 Å². The van der Waals surface area contributed by atoms with Crippen molar-refractivity contribution in [2.75, 3.05) is 47.5 Å². The zero-order valence-corrected chi connectivity index (χ0v) is 52.9. The van der Waals surface area contributed by atoms with Gasteiger partial charge in [0.05, 0.1) is 27.7 Å². The number of likely N-dealkylation sites (N-methyl/N-ethyl adjacent to an activating group) is 1. The maximum atomic E-state index is 12.8. The number of ether oxygens (including phenoxy) is 2. The van der Waals surface area contributed by atoms with Gasteiger partial charge in [0.25, 0.3) is 0 Å². The number of rotatable bonds is 63. The number of allylic oxidation sites excluding steroid dienone is 4. The number of esters is 2. The van der Waals surface area contributed by atoms with Gasteiger partial charge in [-0.2, -0.15) is 0 Å². The Morgan fingerprint density at radius 3 is 1.04 bits per heavy atom. The van der Waals surface area contributed by atoms with Gasteiger partial charge in [0.1, 0.15) is 19.8 Å². The third-order valence-corrected chi connectivity index (χ3v) is 16.2. The highest BCUT2D eigenvalue weighted by Crippen LogP contribution is 2.43. The molecule has 1 N–H and O–H groups in total. The molecular weight excluding hydrogens is 978 g/mol. The summed E-state index contributed by atoms with van der Waals surface area (Å²) in [6.45, 7) is 4.47. The first-order chi connectivity index (χ1) is 37.5. The van der Waals surface area contributed by atoms with Crippen LogP contribution < -0.4 is 0 Å². The Balaban J connectivity index is 3.93. The van der Waals surface area contributed by atoms with Crippen LogP contribution in [0.1, 0.15) is 341 Å². The van der Waals surface area contributed by atoms with Crippen LogP contribution in [0.3, 0.4) is 0 Å². The summed E-state index contributed by atoms with van der Waals surface area (Å²) >= 11 is 0. The minimum Gasteiger partial charge on any atom is -0.462 e. The summed E-state index contributed by atoms with van der Waals surface area (Å²) in [5.41, 5.74) is 0. The molecule has 0 aliphatic rings. The number of unbranched alkanes of at least 4 members (excludes halogenated alkanes) is 45. The quantitative estimate of drug-likeness (QED) is 0.0211. The zero-order valence-electron chi connectivity index (χ0n) is 52.0. The summed E-state index contributed by atoms with van der Waals surface area (Å²) in [5.74, 6) is -0.789. The summed E-state index contributed by atoms with van der Waals surface area (Å²) in [5, 5.41) is 0. The molecule has 0 bridgehead atoms. The van der Waals surface area contributed by atoms with Crippen LogP contribution in [0.25, 0.3) is 0 Å². The van der Waals surface area contributed by atoms with Crippen molar-refractivity contribution in [2.45, 2.75) is 347 Å². The molecule has 0 aliphatic carbocycles. The third-order valence-electron chi connectivity index (χ3n) is 15.2. The molecule has 0 saturated carbocycles. The highest BCUT2D eigenvalue weighted by molar-refractivity contribution is 7.47. The van der Waals surface area contributed by atoms with E-state index in [1.54, 1.807) is 0 Å². The van der Waals surface area contributed by atoms with E-state index in [9.17, 15) is 19.0 Å². The lowest BCUT2D eigenvalue weighted by Crippen LogP contribution is -2.37. The topological polar surface area (TPSA) is 108 Å². The normalized spacial score (nSPS) is 13.3. The summed E-state index contributed by atoms with van der Waals surface area (Å²) < 4.78 is 34.6. The largest absolute Gasteiger partial charge is 0.472 e. The van der Waals surface area contributed by atoms with Crippen LogP contribution in [-0.4, -0.2) is 74.9 Å². The molecule has 0 rings (SSSR count). The van der Waals surface area contributed by atoms with Gasteiger partial charge in [0.2, 0.25) is 0 Å². The van der Waals surface area contributed by atoms with E-state index < -0.39 is 26.5 Å². The molecule has 0 saturated heterocycles. The predicted octanol–water partition coefficient (Wildman–Crippen LogP) is 21.3. The van der Waals surface area contributed by atoms with Crippen LogP contribution in [0.4, 0.5) is 0 Å². The Hall–Kier alpha value is -1.51. The lowest BCUT2D eigenvalue weighted by molar-refractivity contribution is -0.870. The molecule has 456 valence electrons. The SMILES string of the molecule is CCCCCC/C=C\C/C=C\CCCCCCCCCC(=O)OC(COC(=O)CCCCCCCCCCCCCCCCCCCCCCCCCCCCCCCCCCCCC)COP(=O)(O)OCC[N+](C)(C)C. The lowest BCUT2D eigenvalue weighted by Gasteiger charge is -2.24. The van der Waals surface area contributed by atoms with Gasteiger partial charge >= 0.3 is 19.8 Å². The maximum Gasteiger partial charge on any atom is 0.472 e. The molecule has 77 heavy (non-hydrogen) atoms. The molecule has 0 heterocycles. The molecule has 0 spiro atoms. The second-order valence-electron chi connectivity index (χ2n) is 24.2. The van der Waals surface area contributed by atoms with Gasteiger partial charge in [0.15, 0.2) is 6.10 Å². The third kappa shape index (κ3) is 63.5. The van der Waals surface area contributed by atoms with Crippen molar-refractivity contribution < 1.29 is 42.1 Å². The Kier molecular flexibility index (Phi) is 58.0. The van der Waals surface area contributed by atoms with Crippen LogP contribution in [-0.2, 0) is 32.7 Å². The molecule has 2 atom stereocenters. The number of carbonyl (C=O) groups excluding carboxylic acids is 2. The minimum atomic E-state index is -4.39. The van der Waals surface area contributed by atoms with Crippen LogP contribution in [0.5, 0.6) is 0 Å². The molecule has 10 heteroatoms. The first kappa shape index (κ1) is 75.5. The maximum absolute atomic E-state index is 12.8. The predicted molar refractivity (Wildman–Crippen MR) is 331 cm³/mol. The van der Waals surface area contributed by atoms with E-state index in [0.717, 1.165) is 51.4 Å². The molecule has 0 aromatic rings. The van der Waals surface area contributed by atoms with Gasteiger partial charge in [-0.25, -0.2) is 4.57 Å². The Labute approximate surface area is 479 Å². The summed E-state index contributed by atoms with van der Waals surface area (Å²) in [6, 6.07) is 0. The monoisotopic (exact) mass is 1110 g/mol. The standard InChI is InChI=1S/C67H130NO8P/c1-6-8-10-12-14-16-18-20-22-24-26-27-28-29-30-31-32-33-34-35-36-37-38-39-40-41-42-44-45-47-49-51-53-55-57-59-66(69)73-63-65(64-75-77(71,72)74-62-61-68(3,4)5)76-67(70)60-58-56-54-52-50-48-46-43-25-23-21-19-17-15-13-11-9-7-2/h17,19,23,25,65H,6-16,18,20-22,24,26-64H2,1-5H3/p+1/b19-17-,25-23-. The second-order valence-corrected chi connectivity index (χ2v) is 25.7. The number of phosphoric ester groups is 1. The highest BCUT2D eigenvalue weighted by Gasteiger charge is 2.27. The van der Waals surface area contributed by atoms with Gasteiger partial charge in [0, 0.05) is 12.8 Å². The molecule has 2 unspecified atom stereocenters. The van der Waals surface area contributed by atoms with E-state index in [1.165, 1.54) is 257 Å². The van der Waals surface area contributed by atoms with Crippen molar-refractivity contribution in [3.05, 3.63) is 24.3 Å². The first-order valence-corrected chi connectivity index (χ1v) is 35.1. The zero-order chi connectivity index (χ0) is 56.3. The molecule has 0 aromatic heterocycles. The Bertz CT molecular complexity index is 1350. The number of phosphoric acid groups is 1. The first-order valence-electron chi connectivity index (χ1n) is 33.6. The number of hydrogen-bond acceptors (Lipinski definition) is 7. The van der Waals surface area contributed by atoms with E-state index in [-0.39, 0.29) is 25.6 Å². The fourth-order valence-electron chi connectivity index (χ4n) is 10.1. The van der Waals surface area contributed by atoms with Gasteiger partial charge in [-0.05, 0) is 44.9 Å². The number of hydrogen-bond donors (Lipinski definition) is 1. The van der Waals surface area contributed by atoms with Crippen molar-refractivity contribution >= 4 is 19.8 Å². The van der Waals surface area contributed by atoms with E-state index in [4.69, 9.17) is 18.5 Å². The van der Waals surface area contributed by atoms with E-state index in [0.29, 0.717) is 23.9 Å². The highest BCUT2D eigenvalue weighted by atomic mass is 31.2. The average Bonchev–Trinajstić information content (AvgIpc) is 3.39. The number of carbonyl (C=O) groups is 2. The van der Waals surface area contributed by atoms with Gasteiger partial charge in [-0.3, -0.25) is 18.6 Å². The van der Waals surface area contributed by atoms with E-state index in [1.807, 2.05) is 21.1 Å². The smallest absolute Gasteiger partial charge is 0.462 e. The van der Waals surface area contributed by atoms with Crippen LogP contribution in [0.2, 0.25) is 0 Å². The summed E-state index contributed by atoms with van der Waals surface area (Å²) in [7, 11) is 1.49. The van der Waals surface area contributed by atoms with E-state index >= 15 is 0 Å².